The molecule has 0 radical (unpaired) electrons. The van der Waals surface area contributed by atoms with Crippen LogP contribution in [0.5, 0.6) is 0 Å². The van der Waals surface area contributed by atoms with Crippen molar-refractivity contribution in [3.63, 3.8) is 0 Å². The lowest BCUT2D eigenvalue weighted by molar-refractivity contribution is 0.107. The summed E-state index contributed by atoms with van der Waals surface area (Å²) in [5, 5.41) is 0.549. The van der Waals surface area contributed by atoms with Crippen molar-refractivity contribution in [2.45, 2.75) is 0 Å². The highest BCUT2D eigenvalue weighted by atomic mass is 35.5. The first-order chi connectivity index (χ1) is 8.27. The van der Waals surface area contributed by atoms with Crippen molar-refractivity contribution in [2.75, 3.05) is 0 Å². The third kappa shape index (κ3) is 1.58. The van der Waals surface area contributed by atoms with Crippen LogP contribution in [-0.2, 0) is 0 Å². The van der Waals surface area contributed by atoms with Crippen molar-refractivity contribution in [1.29, 1.82) is 0 Å². The van der Waals surface area contributed by atoms with E-state index in [9.17, 15) is 4.79 Å². The molecule has 0 atom stereocenters. The Kier molecular flexibility index (Phi) is 2.30. The maximum atomic E-state index is 12.2. The first-order valence-electron chi connectivity index (χ1n) is 5.25. The number of carbonyl (C=O) groups excluding carboxylic acids is 1. The average molecular weight is 242 g/mol. The van der Waals surface area contributed by atoms with Gasteiger partial charge in [-0.25, -0.2) is 4.99 Å². The van der Waals surface area contributed by atoms with Gasteiger partial charge in [-0.1, -0.05) is 41.9 Å². The minimum absolute atomic E-state index is 0.0614. The van der Waals surface area contributed by atoms with Crippen LogP contribution >= 0.6 is 11.6 Å². The van der Waals surface area contributed by atoms with E-state index in [0.29, 0.717) is 27.5 Å². The van der Waals surface area contributed by atoms with Crippen LogP contribution in [0.1, 0.15) is 15.9 Å². The summed E-state index contributed by atoms with van der Waals surface area (Å²) in [6.07, 6.45) is 0. The summed E-state index contributed by atoms with van der Waals surface area (Å²) in [5.74, 6) is -0.0614. The van der Waals surface area contributed by atoms with Crippen LogP contribution < -0.4 is 0 Å². The molecule has 0 saturated carbocycles. The maximum Gasteiger partial charge on any atom is 0.214 e. The van der Waals surface area contributed by atoms with Crippen LogP contribution in [0, 0.1) is 0 Å². The standard InChI is InChI=1S/C14H8ClNO/c15-11-7-3-1-5-9(11)13-14(17)10-6-2-4-8-12(10)16-13/h1-8H. The largest absolute Gasteiger partial charge is 0.287 e. The number of ketones is 1. The highest BCUT2D eigenvalue weighted by Crippen LogP contribution is 2.30. The van der Waals surface area contributed by atoms with E-state index in [1.54, 1.807) is 12.1 Å². The van der Waals surface area contributed by atoms with Crippen molar-refractivity contribution in [3.05, 3.63) is 64.7 Å². The molecule has 2 aromatic carbocycles. The molecule has 1 aliphatic heterocycles. The predicted octanol–water partition coefficient (Wildman–Crippen LogP) is 3.66. The SMILES string of the molecule is O=C1C(c2ccccc2Cl)=Nc2ccccc21. The lowest BCUT2D eigenvalue weighted by Gasteiger charge is -2.01. The van der Waals surface area contributed by atoms with Gasteiger partial charge in [0.15, 0.2) is 0 Å². The molecule has 1 heterocycles. The molecule has 0 bridgehead atoms. The number of para-hydroxylation sites is 1. The average Bonchev–Trinajstić information content (AvgIpc) is 2.68. The van der Waals surface area contributed by atoms with Crippen LogP contribution in [0.3, 0.4) is 0 Å². The van der Waals surface area contributed by atoms with Crippen LogP contribution in [0.15, 0.2) is 53.5 Å². The van der Waals surface area contributed by atoms with E-state index < -0.39 is 0 Å². The summed E-state index contributed by atoms with van der Waals surface area (Å²) in [4.78, 5) is 16.5. The Bertz CT molecular complexity index is 646. The van der Waals surface area contributed by atoms with Gasteiger partial charge < -0.3 is 0 Å². The fourth-order valence-corrected chi connectivity index (χ4v) is 2.12. The third-order valence-electron chi connectivity index (χ3n) is 2.72. The van der Waals surface area contributed by atoms with Gasteiger partial charge in [-0.2, -0.15) is 0 Å². The Balaban J connectivity index is 2.16. The van der Waals surface area contributed by atoms with E-state index in [1.807, 2.05) is 36.4 Å². The van der Waals surface area contributed by atoms with Gasteiger partial charge in [-0.05, 0) is 18.2 Å². The zero-order valence-electron chi connectivity index (χ0n) is 8.85. The molecule has 82 valence electrons. The van der Waals surface area contributed by atoms with Gasteiger partial charge >= 0.3 is 0 Å². The molecule has 2 aromatic rings. The molecule has 0 saturated heterocycles. The van der Waals surface area contributed by atoms with Crippen molar-refractivity contribution in [3.8, 4) is 0 Å². The van der Waals surface area contributed by atoms with E-state index in [1.165, 1.54) is 0 Å². The highest BCUT2D eigenvalue weighted by molar-refractivity contribution is 6.56. The second-order valence-corrected chi connectivity index (χ2v) is 4.19. The number of carbonyl (C=O) groups is 1. The monoisotopic (exact) mass is 241 g/mol. The predicted molar refractivity (Wildman–Crippen MR) is 68.4 cm³/mol. The van der Waals surface area contributed by atoms with Crippen LogP contribution in [0.25, 0.3) is 0 Å². The molecule has 0 fully saturated rings. The van der Waals surface area contributed by atoms with E-state index in [2.05, 4.69) is 4.99 Å². The molecular weight excluding hydrogens is 234 g/mol. The van der Waals surface area contributed by atoms with E-state index in [-0.39, 0.29) is 5.78 Å². The molecule has 2 nitrogen and oxygen atoms in total. The molecule has 0 spiro atoms. The lowest BCUT2D eigenvalue weighted by atomic mass is 10.0. The maximum absolute atomic E-state index is 12.2. The van der Waals surface area contributed by atoms with E-state index in [4.69, 9.17) is 11.6 Å². The zero-order chi connectivity index (χ0) is 11.8. The quantitative estimate of drug-likeness (QED) is 0.749. The van der Waals surface area contributed by atoms with Gasteiger partial charge in [0.2, 0.25) is 5.78 Å². The fraction of sp³-hybridized carbons (Fsp3) is 0. The topological polar surface area (TPSA) is 29.4 Å². The number of Topliss-reactive ketones (excluding diaryl/α,β-unsaturated/α-hetero) is 1. The van der Waals surface area contributed by atoms with Crippen LogP contribution in [0.4, 0.5) is 5.69 Å². The third-order valence-corrected chi connectivity index (χ3v) is 3.05. The molecule has 17 heavy (non-hydrogen) atoms. The molecule has 0 aromatic heterocycles. The molecule has 3 heteroatoms. The Morgan fingerprint density at radius 2 is 1.53 bits per heavy atom. The van der Waals surface area contributed by atoms with Crippen LogP contribution in [-0.4, -0.2) is 11.5 Å². The van der Waals surface area contributed by atoms with Crippen molar-refractivity contribution in [1.82, 2.24) is 0 Å². The summed E-state index contributed by atoms with van der Waals surface area (Å²) in [5.41, 5.74) is 2.47. The summed E-state index contributed by atoms with van der Waals surface area (Å²) < 4.78 is 0. The fourth-order valence-electron chi connectivity index (χ4n) is 1.90. The van der Waals surface area contributed by atoms with Gasteiger partial charge in [-0.3, -0.25) is 4.79 Å². The molecule has 0 amide bonds. The minimum Gasteiger partial charge on any atom is -0.287 e. The Morgan fingerprint density at radius 3 is 2.24 bits per heavy atom. The molecule has 0 N–H and O–H groups in total. The number of hydrogen-bond acceptors (Lipinski definition) is 2. The van der Waals surface area contributed by atoms with E-state index >= 15 is 0 Å². The van der Waals surface area contributed by atoms with Gasteiger partial charge in [0.1, 0.15) is 5.71 Å². The second kappa shape index (κ2) is 3.82. The van der Waals surface area contributed by atoms with Gasteiger partial charge in [0.25, 0.3) is 0 Å². The van der Waals surface area contributed by atoms with Crippen LogP contribution in [0.2, 0.25) is 5.02 Å². The molecule has 1 aliphatic rings. The van der Waals surface area contributed by atoms with Gasteiger partial charge in [0.05, 0.1) is 10.7 Å². The smallest absolute Gasteiger partial charge is 0.214 e. The lowest BCUT2D eigenvalue weighted by Crippen LogP contribution is -2.11. The first-order valence-corrected chi connectivity index (χ1v) is 5.62. The van der Waals surface area contributed by atoms with Crippen molar-refractivity contribution < 1.29 is 4.79 Å². The molecule has 3 rings (SSSR count). The number of aliphatic imine (C=N–C) groups is 1. The van der Waals surface area contributed by atoms with Crippen molar-refractivity contribution >= 4 is 28.8 Å². The minimum atomic E-state index is -0.0614. The Labute approximate surface area is 104 Å². The summed E-state index contributed by atoms with van der Waals surface area (Å²) in [7, 11) is 0. The van der Waals surface area contributed by atoms with Gasteiger partial charge in [-0.15, -0.1) is 0 Å². The normalized spacial score (nSPS) is 13.5. The Morgan fingerprint density at radius 1 is 0.882 bits per heavy atom. The summed E-state index contributed by atoms with van der Waals surface area (Å²) in [6.45, 7) is 0. The number of rotatable bonds is 1. The van der Waals surface area contributed by atoms with E-state index in [0.717, 1.165) is 0 Å². The zero-order valence-corrected chi connectivity index (χ0v) is 9.61. The number of halogens is 1. The van der Waals surface area contributed by atoms with Gasteiger partial charge in [0, 0.05) is 11.1 Å². The number of benzene rings is 2. The molecule has 0 aliphatic carbocycles. The molecular formula is C14H8ClNO. The summed E-state index contributed by atoms with van der Waals surface area (Å²) >= 11 is 6.08. The second-order valence-electron chi connectivity index (χ2n) is 3.79. The Hall–Kier alpha value is -1.93. The number of nitrogens with zero attached hydrogens (tertiary/aromatic N) is 1. The van der Waals surface area contributed by atoms with Crippen molar-refractivity contribution in [2.24, 2.45) is 4.99 Å². The molecule has 0 unspecified atom stereocenters. The summed E-state index contributed by atoms with van der Waals surface area (Å²) in [6, 6.07) is 14.6. The number of hydrogen-bond donors (Lipinski definition) is 0. The first kappa shape index (κ1) is 10.2. The highest BCUT2D eigenvalue weighted by Gasteiger charge is 2.26. The number of fused-ring (bicyclic) bond motifs is 1.